The van der Waals surface area contributed by atoms with Gasteiger partial charge in [-0.15, -0.1) is 10.2 Å². The molecule has 122 valence electrons. The van der Waals surface area contributed by atoms with Gasteiger partial charge in [0.15, 0.2) is 0 Å². The standard InChI is InChI=1S/C16H11F2N2O3P/c17-16(18,24)12-7-5-10(6-8-12)14-20-19-13(23-14)9-1-3-11(4-2-9)15(21)22/h1-8H,24H2,(H,21,22). The number of carboxylic acid groups (broad SMARTS) is 1. The molecule has 1 aromatic heterocycles. The van der Waals surface area contributed by atoms with Gasteiger partial charge in [0.25, 0.3) is 5.66 Å². The smallest absolute Gasteiger partial charge is 0.335 e. The molecule has 3 rings (SSSR count). The molecule has 5 nitrogen and oxygen atoms in total. The zero-order chi connectivity index (χ0) is 17.3. The first kappa shape index (κ1) is 16.2. The SMILES string of the molecule is O=C(O)c1ccc(-c2nnc(-c3ccc(C(F)(F)P)cc3)o2)cc1. The van der Waals surface area contributed by atoms with Crippen LogP contribution < -0.4 is 0 Å². The Balaban J connectivity index is 1.86. The number of carbonyl (C=O) groups is 1. The number of rotatable bonds is 4. The third kappa shape index (κ3) is 3.31. The molecule has 1 unspecified atom stereocenters. The fourth-order valence-electron chi connectivity index (χ4n) is 2.05. The van der Waals surface area contributed by atoms with Crippen LogP contribution in [0, 0.1) is 0 Å². The number of benzene rings is 2. The van der Waals surface area contributed by atoms with Crippen LogP contribution in [0.3, 0.4) is 0 Å². The van der Waals surface area contributed by atoms with Gasteiger partial charge in [-0.1, -0.05) is 21.4 Å². The Morgan fingerprint density at radius 1 is 0.958 bits per heavy atom. The molecule has 0 radical (unpaired) electrons. The van der Waals surface area contributed by atoms with Crippen LogP contribution >= 0.6 is 9.24 Å². The topological polar surface area (TPSA) is 76.2 Å². The number of aromatic carboxylic acids is 1. The van der Waals surface area contributed by atoms with Gasteiger partial charge in [0.2, 0.25) is 11.8 Å². The minimum absolute atomic E-state index is 0.139. The molecule has 0 aliphatic heterocycles. The number of halogens is 2. The summed E-state index contributed by atoms with van der Waals surface area (Å²) in [4.78, 5) is 10.8. The summed E-state index contributed by atoms with van der Waals surface area (Å²) in [5, 5.41) is 16.7. The largest absolute Gasteiger partial charge is 0.478 e. The Morgan fingerprint density at radius 2 is 1.42 bits per heavy atom. The molecule has 1 N–H and O–H groups in total. The van der Waals surface area contributed by atoms with E-state index in [2.05, 4.69) is 10.2 Å². The highest BCUT2D eigenvalue weighted by atomic mass is 31.0. The average molecular weight is 348 g/mol. The van der Waals surface area contributed by atoms with Crippen LogP contribution in [0.2, 0.25) is 0 Å². The van der Waals surface area contributed by atoms with Crippen molar-refractivity contribution >= 4 is 15.2 Å². The molecule has 0 amide bonds. The van der Waals surface area contributed by atoms with Gasteiger partial charge in [0, 0.05) is 16.7 Å². The summed E-state index contributed by atoms with van der Waals surface area (Å²) in [6.07, 6.45) is 0. The lowest BCUT2D eigenvalue weighted by atomic mass is 10.1. The number of alkyl halides is 2. The highest BCUT2D eigenvalue weighted by molar-refractivity contribution is 7.17. The second kappa shape index (κ2) is 6.09. The van der Waals surface area contributed by atoms with Crippen molar-refractivity contribution < 1.29 is 23.1 Å². The zero-order valence-electron chi connectivity index (χ0n) is 12.1. The monoisotopic (exact) mass is 348 g/mol. The van der Waals surface area contributed by atoms with Crippen molar-refractivity contribution in [1.82, 2.24) is 10.2 Å². The predicted octanol–water partition coefficient (Wildman–Crippen LogP) is 4.03. The van der Waals surface area contributed by atoms with Crippen molar-refractivity contribution in [2.45, 2.75) is 5.66 Å². The molecule has 0 bridgehead atoms. The van der Waals surface area contributed by atoms with Gasteiger partial charge in [-0.3, -0.25) is 0 Å². The van der Waals surface area contributed by atoms with E-state index in [0.717, 1.165) is 0 Å². The molecular formula is C16H11F2N2O3P. The zero-order valence-corrected chi connectivity index (χ0v) is 13.3. The Morgan fingerprint density at radius 3 is 1.83 bits per heavy atom. The number of hydrogen-bond acceptors (Lipinski definition) is 4. The van der Waals surface area contributed by atoms with Crippen LogP contribution in [0.5, 0.6) is 0 Å². The van der Waals surface area contributed by atoms with Gasteiger partial charge in [-0.25, -0.2) is 4.79 Å². The van der Waals surface area contributed by atoms with Crippen LogP contribution in [0.1, 0.15) is 15.9 Å². The van der Waals surface area contributed by atoms with Crippen LogP contribution in [-0.2, 0) is 5.66 Å². The minimum atomic E-state index is -3.00. The van der Waals surface area contributed by atoms with Gasteiger partial charge >= 0.3 is 5.97 Å². The van der Waals surface area contributed by atoms with E-state index in [-0.39, 0.29) is 22.9 Å². The molecule has 3 aromatic rings. The lowest BCUT2D eigenvalue weighted by Crippen LogP contribution is -2.01. The van der Waals surface area contributed by atoms with E-state index >= 15 is 0 Å². The summed E-state index contributed by atoms with van der Waals surface area (Å²) in [6, 6.07) is 11.5. The Bertz CT molecular complexity index is 872. The first-order chi connectivity index (χ1) is 11.3. The van der Waals surface area contributed by atoms with Crippen molar-refractivity contribution in [3.05, 3.63) is 59.7 Å². The average Bonchev–Trinajstić information content (AvgIpc) is 3.04. The first-order valence-corrected chi connectivity index (χ1v) is 7.37. The van der Waals surface area contributed by atoms with E-state index in [4.69, 9.17) is 9.52 Å². The van der Waals surface area contributed by atoms with Crippen molar-refractivity contribution in [3.8, 4) is 22.9 Å². The Labute approximate surface area is 137 Å². The number of nitrogens with zero attached hydrogens (tertiary/aromatic N) is 2. The quantitative estimate of drug-likeness (QED) is 0.721. The van der Waals surface area contributed by atoms with E-state index < -0.39 is 11.6 Å². The van der Waals surface area contributed by atoms with Crippen molar-refractivity contribution in [3.63, 3.8) is 0 Å². The van der Waals surface area contributed by atoms with Crippen molar-refractivity contribution in [2.24, 2.45) is 0 Å². The second-order valence-corrected chi connectivity index (χ2v) is 5.72. The maximum absolute atomic E-state index is 13.2. The van der Waals surface area contributed by atoms with E-state index in [0.29, 0.717) is 11.1 Å². The summed E-state index contributed by atoms with van der Waals surface area (Å²) in [6.45, 7) is 0. The van der Waals surface area contributed by atoms with Gasteiger partial charge in [-0.2, -0.15) is 8.78 Å². The van der Waals surface area contributed by atoms with Crippen LogP contribution in [-0.4, -0.2) is 21.3 Å². The lowest BCUT2D eigenvalue weighted by Gasteiger charge is -2.09. The molecule has 1 atom stereocenters. The third-order valence-corrected chi connectivity index (χ3v) is 3.65. The molecule has 0 spiro atoms. The summed E-state index contributed by atoms with van der Waals surface area (Å²) in [5.74, 6) is -0.632. The molecule has 24 heavy (non-hydrogen) atoms. The molecule has 1 heterocycles. The minimum Gasteiger partial charge on any atom is -0.478 e. The van der Waals surface area contributed by atoms with Crippen molar-refractivity contribution in [1.29, 1.82) is 0 Å². The van der Waals surface area contributed by atoms with Gasteiger partial charge in [-0.05, 0) is 36.4 Å². The van der Waals surface area contributed by atoms with Crippen LogP contribution in [0.25, 0.3) is 22.9 Å². The molecule has 8 heteroatoms. The molecule has 0 saturated carbocycles. The summed E-state index contributed by atoms with van der Waals surface area (Å²) >= 11 is 0. The fourth-order valence-corrected chi connectivity index (χ4v) is 2.24. The third-order valence-electron chi connectivity index (χ3n) is 3.32. The Kier molecular flexibility index (Phi) is 4.11. The highest BCUT2D eigenvalue weighted by Crippen LogP contribution is 2.35. The predicted molar refractivity (Wildman–Crippen MR) is 85.7 cm³/mol. The maximum Gasteiger partial charge on any atom is 0.335 e. The van der Waals surface area contributed by atoms with Gasteiger partial charge in [0.1, 0.15) is 0 Å². The van der Waals surface area contributed by atoms with Gasteiger partial charge in [0.05, 0.1) is 5.56 Å². The Hall–Kier alpha value is -2.66. The number of carboxylic acids is 1. The van der Waals surface area contributed by atoms with E-state index in [1.807, 2.05) is 0 Å². The van der Waals surface area contributed by atoms with E-state index in [1.54, 1.807) is 12.1 Å². The number of aromatic nitrogens is 2. The second-order valence-electron chi connectivity index (χ2n) is 5.00. The summed E-state index contributed by atoms with van der Waals surface area (Å²) in [7, 11) is 1.48. The highest BCUT2D eigenvalue weighted by Gasteiger charge is 2.24. The molecule has 0 aliphatic rings. The summed E-state index contributed by atoms with van der Waals surface area (Å²) in [5.41, 5.74) is -1.92. The van der Waals surface area contributed by atoms with Crippen molar-refractivity contribution in [2.75, 3.05) is 0 Å². The molecule has 0 fully saturated rings. The van der Waals surface area contributed by atoms with E-state index in [9.17, 15) is 13.6 Å². The lowest BCUT2D eigenvalue weighted by molar-refractivity contribution is 0.0696. The van der Waals surface area contributed by atoms with Crippen LogP contribution in [0.15, 0.2) is 52.9 Å². The van der Waals surface area contributed by atoms with Gasteiger partial charge < -0.3 is 9.52 Å². The first-order valence-electron chi connectivity index (χ1n) is 6.79. The van der Waals surface area contributed by atoms with E-state index in [1.165, 1.54) is 45.6 Å². The summed E-state index contributed by atoms with van der Waals surface area (Å²) < 4.78 is 31.9. The molecule has 2 aromatic carbocycles. The molecular weight excluding hydrogens is 337 g/mol. The normalized spacial score (nSPS) is 11.5. The fraction of sp³-hybridized carbons (Fsp3) is 0.0625. The maximum atomic E-state index is 13.2. The number of hydrogen-bond donors (Lipinski definition) is 1. The molecule has 0 saturated heterocycles. The molecule has 0 aliphatic carbocycles. The van der Waals surface area contributed by atoms with Crippen LogP contribution in [0.4, 0.5) is 8.78 Å².